The molecule has 9 nitrogen and oxygen atoms in total. The Hall–Kier alpha value is -1.72. The Morgan fingerprint density at radius 3 is 2.67 bits per heavy atom. The van der Waals surface area contributed by atoms with Gasteiger partial charge in [0.2, 0.25) is 21.8 Å². The molecule has 1 aromatic carbocycles. The lowest BCUT2D eigenvalue weighted by atomic mass is 10.1. The van der Waals surface area contributed by atoms with Gasteiger partial charge in [-0.05, 0) is 39.1 Å². The lowest BCUT2D eigenvalue weighted by Crippen LogP contribution is -2.57. The summed E-state index contributed by atoms with van der Waals surface area (Å²) in [5, 5.41) is 8.28. The highest BCUT2D eigenvalue weighted by Crippen LogP contribution is 2.15. The molecule has 0 aromatic heterocycles. The quantitative estimate of drug-likeness (QED) is 0.506. The van der Waals surface area contributed by atoms with Gasteiger partial charge in [-0.2, -0.15) is 0 Å². The zero-order valence-corrected chi connectivity index (χ0v) is 16.9. The number of rotatable bonds is 6. The van der Waals surface area contributed by atoms with Crippen LogP contribution in [0.1, 0.15) is 13.8 Å². The number of ether oxygens (including phenoxy) is 1. The first-order valence-corrected chi connectivity index (χ1v) is 9.73. The van der Waals surface area contributed by atoms with E-state index in [0.29, 0.717) is 18.8 Å². The minimum Gasteiger partial charge on any atom is -0.375 e. The van der Waals surface area contributed by atoms with Gasteiger partial charge >= 0.3 is 0 Å². The van der Waals surface area contributed by atoms with Crippen molar-refractivity contribution in [2.24, 2.45) is 0 Å². The van der Waals surface area contributed by atoms with E-state index in [0.717, 1.165) is 0 Å². The Labute approximate surface area is 165 Å². The van der Waals surface area contributed by atoms with Crippen LogP contribution in [0.25, 0.3) is 0 Å². The first-order chi connectivity index (χ1) is 12.2. The van der Waals surface area contributed by atoms with E-state index in [1.54, 1.807) is 19.9 Å². The van der Waals surface area contributed by atoms with E-state index >= 15 is 0 Å². The van der Waals surface area contributed by atoms with E-state index in [9.17, 15) is 18.0 Å². The number of amides is 2. The average molecular weight is 421 g/mol. The predicted octanol–water partition coefficient (Wildman–Crippen LogP) is -0.163. The fourth-order valence-electron chi connectivity index (χ4n) is 2.51. The second kappa shape index (κ2) is 10.00. The van der Waals surface area contributed by atoms with Crippen LogP contribution in [-0.2, 0) is 24.3 Å². The van der Waals surface area contributed by atoms with Crippen LogP contribution in [0.15, 0.2) is 29.2 Å². The van der Waals surface area contributed by atoms with Crippen molar-refractivity contribution in [1.82, 2.24) is 15.4 Å². The number of hydrogen-bond donors (Lipinski definition) is 4. The predicted molar refractivity (Wildman–Crippen MR) is 103 cm³/mol. The fraction of sp³-hybridized carbons (Fsp3) is 0.500. The first kappa shape index (κ1) is 23.3. The molecule has 2 amide bonds. The van der Waals surface area contributed by atoms with Crippen molar-refractivity contribution in [2.45, 2.75) is 36.9 Å². The van der Waals surface area contributed by atoms with Crippen LogP contribution < -0.4 is 20.7 Å². The normalized spacial score (nSPS) is 20.9. The topological polar surface area (TPSA) is 126 Å². The van der Waals surface area contributed by atoms with E-state index in [4.69, 9.17) is 4.74 Å². The molecule has 0 spiro atoms. The van der Waals surface area contributed by atoms with Gasteiger partial charge in [-0.1, -0.05) is 6.07 Å². The van der Waals surface area contributed by atoms with Crippen molar-refractivity contribution in [3.63, 3.8) is 0 Å². The Morgan fingerprint density at radius 1 is 1.33 bits per heavy atom. The van der Waals surface area contributed by atoms with Crippen LogP contribution in [0.5, 0.6) is 0 Å². The summed E-state index contributed by atoms with van der Waals surface area (Å²) in [5.74, 6) is -0.784. The van der Waals surface area contributed by atoms with Gasteiger partial charge < -0.3 is 20.7 Å². The zero-order valence-electron chi connectivity index (χ0n) is 15.3. The third kappa shape index (κ3) is 6.15. The molecule has 3 atom stereocenters. The molecule has 1 unspecified atom stereocenters. The molecule has 1 aromatic rings. The maximum absolute atomic E-state index is 12.3. The molecular weight excluding hydrogens is 396 g/mol. The van der Waals surface area contributed by atoms with E-state index < -0.39 is 28.0 Å². The first-order valence-electron chi connectivity index (χ1n) is 8.24. The summed E-state index contributed by atoms with van der Waals surface area (Å²) in [6, 6.07) is 4.53. The molecule has 11 heteroatoms. The molecule has 27 heavy (non-hydrogen) atoms. The van der Waals surface area contributed by atoms with Crippen molar-refractivity contribution in [3.8, 4) is 0 Å². The van der Waals surface area contributed by atoms with Crippen molar-refractivity contribution in [1.29, 1.82) is 0 Å². The van der Waals surface area contributed by atoms with E-state index in [1.807, 2.05) is 0 Å². The van der Waals surface area contributed by atoms with Crippen LogP contribution in [0.4, 0.5) is 5.69 Å². The molecule has 0 saturated carbocycles. The summed E-state index contributed by atoms with van der Waals surface area (Å²) in [6.07, 6.45) is -0.289. The minimum atomic E-state index is -3.61. The molecule has 2 rings (SSSR count). The number of anilines is 1. The van der Waals surface area contributed by atoms with Gasteiger partial charge in [-0.25, -0.2) is 13.1 Å². The van der Waals surface area contributed by atoms with E-state index in [2.05, 4.69) is 20.7 Å². The van der Waals surface area contributed by atoms with Crippen LogP contribution >= 0.6 is 12.4 Å². The molecule has 0 bridgehead atoms. The Morgan fingerprint density at radius 2 is 2.04 bits per heavy atom. The second-order valence-corrected chi connectivity index (χ2v) is 7.85. The highest BCUT2D eigenvalue weighted by molar-refractivity contribution is 7.89. The summed E-state index contributed by atoms with van der Waals surface area (Å²) in [4.78, 5) is 24.6. The smallest absolute Gasteiger partial charge is 0.246 e. The third-order valence-corrected chi connectivity index (χ3v) is 5.44. The minimum absolute atomic E-state index is 0. The van der Waals surface area contributed by atoms with Gasteiger partial charge in [0.25, 0.3) is 0 Å². The number of sulfonamides is 1. The number of halogens is 1. The molecule has 4 N–H and O–H groups in total. The van der Waals surface area contributed by atoms with Crippen molar-refractivity contribution < 1.29 is 22.7 Å². The lowest BCUT2D eigenvalue weighted by molar-refractivity contribution is -0.132. The average Bonchev–Trinajstić information content (AvgIpc) is 2.62. The van der Waals surface area contributed by atoms with Crippen molar-refractivity contribution >= 4 is 39.9 Å². The molecule has 1 fully saturated rings. The Kier molecular flexibility index (Phi) is 8.63. The molecule has 1 aliphatic heterocycles. The number of carbonyl (C=O) groups excluding carboxylic acids is 2. The monoisotopic (exact) mass is 420 g/mol. The van der Waals surface area contributed by atoms with Crippen molar-refractivity contribution in [2.75, 3.05) is 25.5 Å². The van der Waals surface area contributed by atoms with Gasteiger partial charge in [0.15, 0.2) is 0 Å². The third-order valence-electron chi connectivity index (χ3n) is 4.03. The highest BCUT2D eigenvalue weighted by Gasteiger charge is 2.30. The second-order valence-electron chi connectivity index (χ2n) is 5.96. The van der Waals surface area contributed by atoms with Crippen LogP contribution in [-0.4, -0.2) is 58.6 Å². The molecule has 1 aliphatic rings. The molecule has 1 saturated heterocycles. The van der Waals surface area contributed by atoms with E-state index in [-0.39, 0.29) is 29.3 Å². The molecule has 152 valence electrons. The number of nitrogens with one attached hydrogen (secondary N) is 4. The summed E-state index contributed by atoms with van der Waals surface area (Å²) in [5.41, 5.74) is 0.319. The summed E-state index contributed by atoms with van der Waals surface area (Å²) >= 11 is 0. The number of hydrogen-bond acceptors (Lipinski definition) is 6. The fourth-order valence-corrected chi connectivity index (χ4v) is 3.28. The van der Waals surface area contributed by atoms with E-state index in [1.165, 1.54) is 25.2 Å². The van der Waals surface area contributed by atoms with Gasteiger partial charge in [-0.15, -0.1) is 12.4 Å². The summed E-state index contributed by atoms with van der Waals surface area (Å²) in [7, 11) is -2.30. The lowest BCUT2D eigenvalue weighted by Gasteiger charge is -2.30. The highest BCUT2D eigenvalue weighted by atomic mass is 35.5. The van der Waals surface area contributed by atoms with Gasteiger partial charge in [0.1, 0.15) is 12.1 Å². The molecule has 1 heterocycles. The van der Waals surface area contributed by atoms with Gasteiger partial charge in [0, 0.05) is 12.2 Å². The molecular formula is C16H25ClN4O5S. The SMILES string of the molecule is CNS(=O)(=O)c1cccc(NC(=O)C(C)NC(=O)[C@H]2NCCO[C@@H]2C)c1.Cl. The van der Waals surface area contributed by atoms with Crippen LogP contribution in [0.2, 0.25) is 0 Å². The number of morpholine rings is 1. The number of benzene rings is 1. The Balaban J connectivity index is 0.00000364. The van der Waals surface area contributed by atoms with Gasteiger partial charge in [0.05, 0.1) is 17.6 Å². The largest absolute Gasteiger partial charge is 0.375 e. The Bertz CT molecular complexity index is 774. The van der Waals surface area contributed by atoms with Crippen LogP contribution in [0, 0.1) is 0 Å². The molecule has 0 radical (unpaired) electrons. The zero-order chi connectivity index (χ0) is 19.3. The van der Waals surface area contributed by atoms with Crippen molar-refractivity contribution in [3.05, 3.63) is 24.3 Å². The molecule has 0 aliphatic carbocycles. The maximum atomic E-state index is 12.3. The number of carbonyl (C=O) groups is 2. The summed E-state index contributed by atoms with van der Waals surface area (Å²) in [6.45, 7) is 4.44. The van der Waals surface area contributed by atoms with Gasteiger partial charge in [-0.3, -0.25) is 9.59 Å². The van der Waals surface area contributed by atoms with Crippen LogP contribution in [0.3, 0.4) is 0 Å². The standard InChI is InChI=1S/C16H24N4O5S.ClH/c1-10(19-16(22)14-11(2)25-8-7-18-14)15(21)20-12-5-4-6-13(9-12)26(23,24)17-3;/h4-6,9-11,14,17-18H,7-8H2,1-3H3,(H,19,22)(H,20,21);1H/t10?,11-,14+;/m1./s1. The summed E-state index contributed by atoms with van der Waals surface area (Å²) < 4.78 is 31.3. The maximum Gasteiger partial charge on any atom is 0.246 e.